The van der Waals surface area contributed by atoms with Gasteiger partial charge in [-0.2, -0.15) is 0 Å². The van der Waals surface area contributed by atoms with E-state index in [-0.39, 0.29) is 5.91 Å². The highest BCUT2D eigenvalue weighted by molar-refractivity contribution is 7.99. The number of thioether (sulfide) groups is 1. The highest BCUT2D eigenvalue weighted by atomic mass is 32.2. The Hall–Kier alpha value is -1.41. The summed E-state index contributed by atoms with van der Waals surface area (Å²) in [5.41, 5.74) is 0.895. The van der Waals surface area contributed by atoms with Crippen molar-refractivity contribution in [1.82, 2.24) is 20.1 Å². The highest BCUT2D eigenvalue weighted by Crippen LogP contribution is 2.30. The first-order valence-electron chi connectivity index (χ1n) is 7.71. The van der Waals surface area contributed by atoms with Crippen molar-refractivity contribution in [3.8, 4) is 10.8 Å². The molecule has 2 aromatic rings. The third kappa shape index (κ3) is 3.92. The lowest BCUT2D eigenvalue weighted by molar-refractivity contribution is -0.129. The van der Waals surface area contributed by atoms with E-state index in [0.29, 0.717) is 16.9 Å². The van der Waals surface area contributed by atoms with Crippen molar-refractivity contribution in [3.05, 3.63) is 10.7 Å². The number of piperidine rings is 1. The van der Waals surface area contributed by atoms with Gasteiger partial charge in [-0.15, -0.1) is 21.5 Å². The van der Waals surface area contributed by atoms with Crippen molar-refractivity contribution in [2.24, 2.45) is 5.92 Å². The number of nitrogens with zero attached hydrogens (tertiary/aromatic N) is 4. The number of rotatable bonds is 4. The van der Waals surface area contributed by atoms with E-state index in [9.17, 15) is 4.79 Å². The molecule has 23 heavy (non-hydrogen) atoms. The van der Waals surface area contributed by atoms with Crippen LogP contribution in [0.3, 0.4) is 0 Å². The molecule has 0 aliphatic carbocycles. The number of carbonyl (C=O) groups is 1. The summed E-state index contributed by atoms with van der Waals surface area (Å²) in [5.74, 6) is 1.69. The van der Waals surface area contributed by atoms with Gasteiger partial charge in [0.25, 0.3) is 11.1 Å². The summed E-state index contributed by atoms with van der Waals surface area (Å²) in [4.78, 5) is 19.4. The molecule has 1 saturated heterocycles. The molecule has 2 aromatic heterocycles. The largest absolute Gasteiger partial charge is 0.410 e. The normalized spacial score (nSPS) is 16.0. The Morgan fingerprint density at radius 3 is 2.74 bits per heavy atom. The number of carbonyl (C=O) groups excluding carboxylic acids is 1. The fourth-order valence-electron chi connectivity index (χ4n) is 2.56. The van der Waals surface area contributed by atoms with E-state index in [1.807, 2.05) is 18.7 Å². The molecule has 0 spiro atoms. The molecule has 0 unspecified atom stereocenters. The van der Waals surface area contributed by atoms with E-state index in [2.05, 4.69) is 22.1 Å². The van der Waals surface area contributed by atoms with Crippen LogP contribution < -0.4 is 0 Å². The zero-order chi connectivity index (χ0) is 16.4. The lowest BCUT2D eigenvalue weighted by Gasteiger charge is -2.30. The molecule has 0 radical (unpaired) electrons. The number of aryl methyl sites for hydroxylation is 2. The van der Waals surface area contributed by atoms with Gasteiger partial charge in [0.15, 0.2) is 0 Å². The Labute approximate surface area is 143 Å². The molecule has 0 N–H and O–H groups in total. The molecule has 1 aliphatic heterocycles. The first-order valence-corrected chi connectivity index (χ1v) is 9.51. The Morgan fingerprint density at radius 2 is 2.09 bits per heavy atom. The third-order valence-corrected chi connectivity index (χ3v) is 5.82. The first-order chi connectivity index (χ1) is 11.0. The molecule has 124 valence electrons. The van der Waals surface area contributed by atoms with E-state index in [1.54, 1.807) is 0 Å². The Balaban J connectivity index is 1.57. The number of likely N-dealkylation sites (tertiary alicyclic amines) is 1. The molecular weight excluding hydrogens is 332 g/mol. The third-order valence-electron chi connectivity index (χ3n) is 3.96. The smallest absolute Gasteiger partial charge is 0.277 e. The van der Waals surface area contributed by atoms with Gasteiger partial charge in [0.1, 0.15) is 4.88 Å². The fraction of sp³-hybridized carbons (Fsp3) is 0.600. The maximum absolute atomic E-state index is 12.2. The number of amides is 1. The van der Waals surface area contributed by atoms with Gasteiger partial charge in [0, 0.05) is 13.1 Å². The zero-order valence-electron chi connectivity index (χ0n) is 13.5. The number of hydrogen-bond donors (Lipinski definition) is 0. The summed E-state index contributed by atoms with van der Waals surface area (Å²) in [6.07, 6.45) is 2.18. The molecule has 0 aromatic carbocycles. The first kappa shape index (κ1) is 16.4. The second-order valence-corrected chi connectivity index (χ2v) is 8.00. The van der Waals surface area contributed by atoms with Crippen molar-refractivity contribution in [3.63, 3.8) is 0 Å². The molecule has 1 amide bonds. The Bertz CT molecular complexity index is 689. The monoisotopic (exact) mass is 352 g/mol. The van der Waals surface area contributed by atoms with Crippen LogP contribution in [0.25, 0.3) is 10.8 Å². The topological polar surface area (TPSA) is 72.1 Å². The molecule has 6 nitrogen and oxygen atoms in total. The molecule has 8 heteroatoms. The van der Waals surface area contributed by atoms with Gasteiger partial charge in [-0.05, 0) is 32.6 Å². The summed E-state index contributed by atoms with van der Waals surface area (Å²) < 4.78 is 5.66. The van der Waals surface area contributed by atoms with E-state index in [0.717, 1.165) is 47.4 Å². The van der Waals surface area contributed by atoms with Crippen LogP contribution in [0.4, 0.5) is 0 Å². The number of thiazole rings is 1. The lowest BCUT2D eigenvalue weighted by atomic mass is 9.99. The van der Waals surface area contributed by atoms with E-state index in [4.69, 9.17) is 4.42 Å². The van der Waals surface area contributed by atoms with Crippen LogP contribution >= 0.6 is 23.1 Å². The quantitative estimate of drug-likeness (QED) is 0.787. The second kappa shape index (κ2) is 7.00. The summed E-state index contributed by atoms with van der Waals surface area (Å²) in [7, 11) is 0. The van der Waals surface area contributed by atoms with Crippen LogP contribution in [-0.4, -0.2) is 44.8 Å². The van der Waals surface area contributed by atoms with Crippen molar-refractivity contribution in [2.75, 3.05) is 18.8 Å². The van der Waals surface area contributed by atoms with Gasteiger partial charge in [-0.25, -0.2) is 4.98 Å². The molecule has 3 heterocycles. The van der Waals surface area contributed by atoms with E-state index in [1.165, 1.54) is 23.1 Å². The van der Waals surface area contributed by atoms with Crippen LogP contribution in [0.2, 0.25) is 0 Å². The second-order valence-electron chi connectivity index (χ2n) is 5.87. The summed E-state index contributed by atoms with van der Waals surface area (Å²) in [6.45, 7) is 7.83. The number of aromatic nitrogens is 3. The van der Waals surface area contributed by atoms with E-state index >= 15 is 0 Å². The van der Waals surface area contributed by atoms with Crippen LogP contribution in [-0.2, 0) is 4.79 Å². The maximum atomic E-state index is 12.2. The average molecular weight is 352 g/mol. The van der Waals surface area contributed by atoms with Crippen LogP contribution in [0.15, 0.2) is 9.64 Å². The molecule has 0 bridgehead atoms. The van der Waals surface area contributed by atoms with Gasteiger partial charge in [-0.1, -0.05) is 18.7 Å². The van der Waals surface area contributed by atoms with Crippen molar-refractivity contribution in [1.29, 1.82) is 0 Å². The molecule has 3 rings (SSSR count). The molecule has 1 fully saturated rings. The zero-order valence-corrected chi connectivity index (χ0v) is 15.2. The maximum Gasteiger partial charge on any atom is 0.277 e. The predicted octanol–water partition coefficient (Wildman–Crippen LogP) is 3.16. The lowest BCUT2D eigenvalue weighted by Crippen LogP contribution is -2.38. The summed E-state index contributed by atoms with van der Waals surface area (Å²) in [5, 5.41) is 9.50. The molecular formula is C15H20N4O2S2. The van der Waals surface area contributed by atoms with Gasteiger partial charge >= 0.3 is 0 Å². The average Bonchev–Trinajstić information content (AvgIpc) is 3.11. The van der Waals surface area contributed by atoms with Crippen molar-refractivity contribution < 1.29 is 9.21 Å². The molecule has 0 saturated carbocycles. The van der Waals surface area contributed by atoms with Gasteiger partial charge in [0.05, 0.1) is 16.5 Å². The standard InChI is InChI=1S/C15H20N4O2S2/c1-9-4-6-19(7-5-9)12(20)8-22-15-18-17-14(21-15)13-10(2)16-11(3)23-13/h9H,4-8H2,1-3H3. The molecule has 1 aliphatic rings. The highest BCUT2D eigenvalue weighted by Gasteiger charge is 2.21. The van der Waals surface area contributed by atoms with Crippen molar-refractivity contribution >= 4 is 29.0 Å². The van der Waals surface area contributed by atoms with Gasteiger partial charge in [-0.3, -0.25) is 4.79 Å². The van der Waals surface area contributed by atoms with Crippen LogP contribution in [0, 0.1) is 19.8 Å². The van der Waals surface area contributed by atoms with E-state index < -0.39 is 0 Å². The SMILES string of the molecule is Cc1nc(C)c(-c2nnc(SCC(=O)N3CCC(C)CC3)o2)s1. The summed E-state index contributed by atoms with van der Waals surface area (Å²) in [6, 6.07) is 0. The van der Waals surface area contributed by atoms with Crippen LogP contribution in [0.1, 0.15) is 30.5 Å². The molecule has 0 atom stereocenters. The predicted molar refractivity (Wildman–Crippen MR) is 90.6 cm³/mol. The Morgan fingerprint density at radius 1 is 1.35 bits per heavy atom. The minimum absolute atomic E-state index is 0.145. The van der Waals surface area contributed by atoms with Gasteiger partial charge < -0.3 is 9.32 Å². The van der Waals surface area contributed by atoms with Gasteiger partial charge in [0.2, 0.25) is 5.91 Å². The number of hydrogen-bond acceptors (Lipinski definition) is 7. The fourth-order valence-corrected chi connectivity index (χ4v) is 4.07. The van der Waals surface area contributed by atoms with Crippen LogP contribution in [0.5, 0.6) is 0 Å². The minimum Gasteiger partial charge on any atom is -0.410 e. The minimum atomic E-state index is 0.145. The Kier molecular flexibility index (Phi) is 5.01. The summed E-state index contributed by atoms with van der Waals surface area (Å²) >= 11 is 2.84. The van der Waals surface area contributed by atoms with Crippen molar-refractivity contribution in [2.45, 2.75) is 38.8 Å².